The highest BCUT2D eigenvalue weighted by atomic mass is 79.9. The topological polar surface area (TPSA) is 41.1 Å². The Bertz CT molecular complexity index is 377. The Labute approximate surface area is 122 Å². The number of hydrogen-bond donors (Lipinski definition) is 2. The van der Waals surface area contributed by atoms with E-state index in [1.165, 1.54) is 12.8 Å². The van der Waals surface area contributed by atoms with Crippen molar-refractivity contribution in [3.8, 4) is 0 Å². The van der Waals surface area contributed by atoms with Gasteiger partial charge in [-0.05, 0) is 50.1 Å². The molecule has 0 radical (unpaired) electrons. The normalized spacial score (nSPS) is 18.2. The van der Waals surface area contributed by atoms with Crippen LogP contribution in [-0.2, 0) is 4.79 Å². The number of carbonyl (C=O) groups is 1. The highest BCUT2D eigenvalue weighted by molar-refractivity contribution is 9.10. The van der Waals surface area contributed by atoms with Gasteiger partial charge in [0.05, 0.1) is 0 Å². The van der Waals surface area contributed by atoms with Crippen molar-refractivity contribution in [2.45, 2.75) is 31.7 Å². The number of hydrogen-bond acceptors (Lipinski definition) is 2. The van der Waals surface area contributed by atoms with E-state index in [2.05, 4.69) is 26.6 Å². The number of halogens is 2. The monoisotopic (exact) mass is 332 g/mol. The van der Waals surface area contributed by atoms with E-state index >= 15 is 0 Å². The number of rotatable bonds is 4. The summed E-state index contributed by atoms with van der Waals surface area (Å²) in [5, 5.41) is 6.30. The van der Waals surface area contributed by atoms with E-state index in [1.807, 2.05) is 24.3 Å². The van der Waals surface area contributed by atoms with Crippen LogP contribution in [0.3, 0.4) is 0 Å². The van der Waals surface area contributed by atoms with E-state index < -0.39 is 0 Å². The molecule has 1 amide bonds. The predicted octanol–water partition coefficient (Wildman–Crippen LogP) is 3.34. The van der Waals surface area contributed by atoms with Gasteiger partial charge in [0.1, 0.15) is 0 Å². The van der Waals surface area contributed by atoms with E-state index in [-0.39, 0.29) is 18.3 Å². The zero-order chi connectivity index (χ0) is 12.1. The second-order valence-corrected chi connectivity index (χ2v) is 5.30. The lowest BCUT2D eigenvalue weighted by Gasteiger charge is -2.10. The predicted molar refractivity (Wildman–Crippen MR) is 80.3 cm³/mol. The van der Waals surface area contributed by atoms with Crippen molar-refractivity contribution in [2.75, 3.05) is 11.9 Å². The van der Waals surface area contributed by atoms with E-state index in [0.717, 1.165) is 23.1 Å². The van der Waals surface area contributed by atoms with Gasteiger partial charge < -0.3 is 10.6 Å². The molecule has 1 unspecified atom stereocenters. The Kier molecular flexibility index (Phi) is 6.68. The minimum Gasteiger partial charge on any atom is -0.326 e. The lowest BCUT2D eigenvalue weighted by atomic mass is 10.1. The third kappa shape index (κ3) is 4.96. The number of nitrogens with one attached hydrogen (secondary N) is 2. The summed E-state index contributed by atoms with van der Waals surface area (Å²) in [6, 6.07) is 8.18. The summed E-state index contributed by atoms with van der Waals surface area (Å²) < 4.78 is 1.02. The van der Waals surface area contributed by atoms with Crippen molar-refractivity contribution in [1.29, 1.82) is 0 Å². The van der Waals surface area contributed by atoms with Crippen LogP contribution in [0.5, 0.6) is 0 Å². The molecule has 1 aliphatic rings. The summed E-state index contributed by atoms with van der Waals surface area (Å²) in [4.78, 5) is 11.7. The first-order valence-electron chi connectivity index (χ1n) is 6.03. The smallest absolute Gasteiger partial charge is 0.224 e. The summed E-state index contributed by atoms with van der Waals surface area (Å²) in [6.45, 7) is 1.10. The molecule has 0 aromatic heterocycles. The third-order valence-electron chi connectivity index (χ3n) is 3.01. The van der Waals surface area contributed by atoms with Gasteiger partial charge >= 0.3 is 0 Å². The molecule has 100 valence electrons. The maximum Gasteiger partial charge on any atom is 0.224 e. The highest BCUT2D eigenvalue weighted by Crippen LogP contribution is 2.15. The van der Waals surface area contributed by atoms with Gasteiger partial charge in [0, 0.05) is 22.6 Å². The van der Waals surface area contributed by atoms with Crippen molar-refractivity contribution in [2.24, 2.45) is 0 Å². The largest absolute Gasteiger partial charge is 0.326 e. The van der Waals surface area contributed by atoms with Gasteiger partial charge in [-0.3, -0.25) is 4.79 Å². The molecule has 2 N–H and O–H groups in total. The van der Waals surface area contributed by atoms with Crippen LogP contribution in [-0.4, -0.2) is 18.5 Å². The molecule has 1 saturated heterocycles. The number of anilines is 1. The zero-order valence-corrected chi connectivity index (χ0v) is 12.5. The fraction of sp³-hybridized carbons (Fsp3) is 0.462. The Morgan fingerprint density at radius 1 is 1.39 bits per heavy atom. The molecule has 2 rings (SSSR count). The second-order valence-electron chi connectivity index (χ2n) is 4.39. The molecule has 0 bridgehead atoms. The standard InChI is InChI=1S/C13H17BrN2O.ClH/c14-10-3-5-12(6-4-10)16-13(17)8-7-11-2-1-9-15-11;/h3-6,11,15H,1-2,7-9H2,(H,16,17);1H. The second kappa shape index (κ2) is 7.77. The van der Waals surface area contributed by atoms with E-state index in [9.17, 15) is 4.79 Å². The molecular formula is C13H18BrClN2O. The van der Waals surface area contributed by atoms with E-state index in [1.54, 1.807) is 0 Å². The third-order valence-corrected chi connectivity index (χ3v) is 3.54. The molecule has 0 spiro atoms. The molecule has 5 heteroatoms. The summed E-state index contributed by atoms with van der Waals surface area (Å²) in [5.74, 6) is 0.0982. The number of carbonyl (C=O) groups excluding carboxylic acids is 1. The van der Waals surface area contributed by atoms with Gasteiger partial charge in [0.2, 0.25) is 5.91 Å². The quantitative estimate of drug-likeness (QED) is 0.887. The van der Waals surface area contributed by atoms with Crippen LogP contribution >= 0.6 is 28.3 Å². The maximum absolute atomic E-state index is 11.7. The minimum absolute atomic E-state index is 0. The maximum atomic E-state index is 11.7. The van der Waals surface area contributed by atoms with Gasteiger partial charge in [-0.25, -0.2) is 0 Å². The van der Waals surface area contributed by atoms with E-state index in [4.69, 9.17) is 0 Å². The summed E-state index contributed by atoms with van der Waals surface area (Å²) in [5.41, 5.74) is 0.859. The van der Waals surface area contributed by atoms with Crippen LogP contribution in [0.25, 0.3) is 0 Å². The Morgan fingerprint density at radius 3 is 2.72 bits per heavy atom. The number of benzene rings is 1. The first kappa shape index (κ1) is 15.5. The fourth-order valence-corrected chi connectivity index (χ4v) is 2.33. The van der Waals surface area contributed by atoms with Gasteiger partial charge in [0.25, 0.3) is 0 Å². The lowest BCUT2D eigenvalue weighted by Crippen LogP contribution is -2.23. The Balaban J connectivity index is 0.00000162. The first-order valence-corrected chi connectivity index (χ1v) is 6.82. The van der Waals surface area contributed by atoms with Crippen molar-refractivity contribution >= 4 is 39.9 Å². The average Bonchev–Trinajstić information content (AvgIpc) is 2.83. The summed E-state index contributed by atoms with van der Waals surface area (Å²) in [6.07, 6.45) is 3.96. The summed E-state index contributed by atoms with van der Waals surface area (Å²) in [7, 11) is 0. The molecule has 1 aromatic carbocycles. The van der Waals surface area contributed by atoms with Crippen molar-refractivity contribution in [3.05, 3.63) is 28.7 Å². The molecule has 1 aliphatic heterocycles. The molecule has 0 saturated carbocycles. The molecule has 1 heterocycles. The average molecular weight is 334 g/mol. The van der Waals surface area contributed by atoms with Crippen LogP contribution < -0.4 is 10.6 Å². The van der Waals surface area contributed by atoms with Gasteiger partial charge in [-0.1, -0.05) is 15.9 Å². The van der Waals surface area contributed by atoms with Crippen LogP contribution in [0.4, 0.5) is 5.69 Å². The molecule has 18 heavy (non-hydrogen) atoms. The SMILES string of the molecule is Cl.O=C(CCC1CCCN1)Nc1ccc(Br)cc1. The molecule has 1 atom stereocenters. The van der Waals surface area contributed by atoms with E-state index in [0.29, 0.717) is 12.5 Å². The first-order chi connectivity index (χ1) is 8.24. The number of amides is 1. The molecule has 1 aromatic rings. The Morgan fingerprint density at radius 2 is 2.11 bits per heavy atom. The molecule has 0 aliphatic carbocycles. The zero-order valence-electron chi connectivity index (χ0n) is 10.1. The van der Waals surface area contributed by atoms with Gasteiger partial charge in [0.15, 0.2) is 0 Å². The van der Waals surface area contributed by atoms with Crippen LogP contribution in [0.1, 0.15) is 25.7 Å². The van der Waals surface area contributed by atoms with Gasteiger partial charge in [-0.15, -0.1) is 12.4 Å². The Hall–Kier alpha value is -0.580. The fourth-order valence-electron chi connectivity index (χ4n) is 2.07. The van der Waals surface area contributed by atoms with Crippen molar-refractivity contribution in [3.63, 3.8) is 0 Å². The van der Waals surface area contributed by atoms with Crippen molar-refractivity contribution in [1.82, 2.24) is 5.32 Å². The molecular weight excluding hydrogens is 316 g/mol. The van der Waals surface area contributed by atoms with Crippen LogP contribution in [0.15, 0.2) is 28.7 Å². The van der Waals surface area contributed by atoms with Gasteiger partial charge in [-0.2, -0.15) is 0 Å². The lowest BCUT2D eigenvalue weighted by molar-refractivity contribution is -0.116. The molecule has 3 nitrogen and oxygen atoms in total. The van der Waals surface area contributed by atoms with Crippen LogP contribution in [0.2, 0.25) is 0 Å². The summed E-state index contributed by atoms with van der Waals surface area (Å²) >= 11 is 3.37. The van der Waals surface area contributed by atoms with Crippen LogP contribution in [0, 0.1) is 0 Å². The highest BCUT2D eigenvalue weighted by Gasteiger charge is 2.15. The minimum atomic E-state index is 0. The van der Waals surface area contributed by atoms with Crippen molar-refractivity contribution < 1.29 is 4.79 Å². The molecule has 1 fully saturated rings.